The maximum atomic E-state index is 12.9. The van der Waals surface area contributed by atoms with Crippen LogP contribution in [0.25, 0.3) is 6.08 Å². The summed E-state index contributed by atoms with van der Waals surface area (Å²) in [5.41, 5.74) is 2.31. The number of rotatable bonds is 10. The van der Waals surface area contributed by atoms with E-state index in [1.165, 1.54) is 0 Å². The number of amides is 3. The molecular formula is C27H29N3O6S. The number of anilines is 2. The minimum Gasteiger partial charge on any atom is -0.490 e. The first kappa shape index (κ1) is 26.3. The van der Waals surface area contributed by atoms with Crippen molar-refractivity contribution in [2.75, 3.05) is 56.3 Å². The van der Waals surface area contributed by atoms with E-state index in [0.717, 1.165) is 35.4 Å². The van der Waals surface area contributed by atoms with Crippen molar-refractivity contribution in [1.29, 1.82) is 0 Å². The maximum absolute atomic E-state index is 12.9. The molecule has 2 saturated heterocycles. The Bertz CT molecular complexity index is 1190. The summed E-state index contributed by atoms with van der Waals surface area (Å²) < 4.78 is 16.6. The molecule has 0 spiro atoms. The van der Waals surface area contributed by atoms with Crippen LogP contribution in [0.15, 0.2) is 60.0 Å². The Balaban J connectivity index is 1.38. The lowest BCUT2D eigenvalue weighted by molar-refractivity contribution is -0.127. The van der Waals surface area contributed by atoms with Gasteiger partial charge in [0.2, 0.25) is 5.91 Å². The molecule has 0 aliphatic carbocycles. The van der Waals surface area contributed by atoms with Crippen LogP contribution in [0.3, 0.4) is 0 Å². The molecule has 0 aromatic heterocycles. The smallest absolute Gasteiger partial charge is 0.294 e. The number of carbonyl (C=O) groups is 3. The van der Waals surface area contributed by atoms with Crippen molar-refractivity contribution in [1.82, 2.24) is 4.90 Å². The number of imide groups is 1. The number of carbonyl (C=O) groups excluding carboxylic acids is 3. The lowest BCUT2D eigenvalue weighted by Gasteiger charge is -2.28. The molecule has 0 saturated carbocycles. The molecule has 2 heterocycles. The Labute approximate surface area is 220 Å². The van der Waals surface area contributed by atoms with Gasteiger partial charge in [-0.1, -0.05) is 18.7 Å². The van der Waals surface area contributed by atoms with Gasteiger partial charge in [0.15, 0.2) is 11.5 Å². The fourth-order valence-corrected chi connectivity index (χ4v) is 4.70. The van der Waals surface area contributed by atoms with Gasteiger partial charge in [-0.15, -0.1) is 0 Å². The van der Waals surface area contributed by atoms with Gasteiger partial charge >= 0.3 is 0 Å². The maximum Gasteiger partial charge on any atom is 0.294 e. The van der Waals surface area contributed by atoms with Crippen molar-refractivity contribution >= 4 is 46.3 Å². The second kappa shape index (κ2) is 12.5. The highest BCUT2D eigenvalue weighted by Gasteiger charge is 2.36. The van der Waals surface area contributed by atoms with Gasteiger partial charge in [0.05, 0.1) is 24.7 Å². The predicted molar refractivity (Wildman–Crippen MR) is 144 cm³/mol. The number of nitrogens with zero attached hydrogens (tertiary/aromatic N) is 2. The number of hydrogen-bond donors (Lipinski definition) is 1. The first-order valence-corrected chi connectivity index (χ1v) is 12.8. The Morgan fingerprint density at radius 2 is 1.86 bits per heavy atom. The highest BCUT2D eigenvalue weighted by atomic mass is 32.2. The molecule has 2 aromatic carbocycles. The SMILES string of the molecule is C=CCOc1ccc(/C=C2/SC(=O)N(CC(=O)Nc3ccc(N4CCOCC4)cc3)C2=O)cc1OCC. The Morgan fingerprint density at radius 3 is 2.57 bits per heavy atom. The van der Waals surface area contributed by atoms with Gasteiger partial charge in [0.1, 0.15) is 13.2 Å². The van der Waals surface area contributed by atoms with Gasteiger partial charge in [-0.2, -0.15) is 0 Å². The number of benzene rings is 2. The van der Waals surface area contributed by atoms with Gasteiger partial charge in [-0.3, -0.25) is 19.3 Å². The summed E-state index contributed by atoms with van der Waals surface area (Å²) in [5, 5.41) is 2.26. The molecule has 4 rings (SSSR count). The highest BCUT2D eigenvalue weighted by Crippen LogP contribution is 2.34. The lowest BCUT2D eigenvalue weighted by Crippen LogP contribution is -2.36. The Hall–Kier alpha value is -3.76. The summed E-state index contributed by atoms with van der Waals surface area (Å²) in [6.07, 6.45) is 3.24. The third-order valence-electron chi connectivity index (χ3n) is 5.62. The van der Waals surface area contributed by atoms with Crippen LogP contribution in [0.1, 0.15) is 12.5 Å². The molecule has 194 valence electrons. The largest absolute Gasteiger partial charge is 0.490 e. The lowest BCUT2D eigenvalue weighted by atomic mass is 10.2. The molecule has 0 atom stereocenters. The number of hydrogen-bond acceptors (Lipinski definition) is 8. The topological polar surface area (TPSA) is 97.4 Å². The van der Waals surface area contributed by atoms with E-state index in [4.69, 9.17) is 14.2 Å². The van der Waals surface area contributed by atoms with Crippen molar-refractivity contribution in [3.05, 3.63) is 65.6 Å². The fraction of sp³-hybridized carbons (Fsp3) is 0.296. The normalized spacial score (nSPS) is 16.7. The van der Waals surface area contributed by atoms with Crippen LogP contribution >= 0.6 is 11.8 Å². The summed E-state index contributed by atoms with van der Waals surface area (Å²) in [6.45, 7) is 8.91. The van der Waals surface area contributed by atoms with Crippen LogP contribution in [-0.4, -0.2) is 68.0 Å². The van der Waals surface area contributed by atoms with Gasteiger partial charge in [0.25, 0.3) is 11.1 Å². The second-order valence-corrected chi connectivity index (χ2v) is 9.19. The van der Waals surface area contributed by atoms with Crippen LogP contribution in [0.2, 0.25) is 0 Å². The molecule has 2 aromatic rings. The highest BCUT2D eigenvalue weighted by molar-refractivity contribution is 8.18. The zero-order valence-corrected chi connectivity index (χ0v) is 21.4. The van der Waals surface area contributed by atoms with Gasteiger partial charge in [-0.25, -0.2) is 0 Å². The van der Waals surface area contributed by atoms with Crippen LogP contribution in [-0.2, 0) is 14.3 Å². The summed E-state index contributed by atoms with van der Waals surface area (Å²) in [4.78, 5) is 41.4. The first-order chi connectivity index (χ1) is 18.0. The van der Waals surface area contributed by atoms with E-state index in [0.29, 0.717) is 49.2 Å². The molecule has 2 aliphatic rings. The van der Waals surface area contributed by atoms with Crippen LogP contribution in [0, 0.1) is 0 Å². The monoisotopic (exact) mass is 523 g/mol. The third kappa shape index (κ3) is 6.72. The van der Waals surface area contributed by atoms with E-state index in [-0.39, 0.29) is 11.4 Å². The van der Waals surface area contributed by atoms with Crippen molar-refractivity contribution < 1.29 is 28.6 Å². The Kier molecular flexibility index (Phi) is 8.86. The molecule has 2 aliphatic heterocycles. The number of ether oxygens (including phenoxy) is 3. The number of thioether (sulfide) groups is 1. The predicted octanol–water partition coefficient (Wildman–Crippen LogP) is 4.16. The van der Waals surface area contributed by atoms with Crippen molar-refractivity contribution in [2.24, 2.45) is 0 Å². The van der Waals surface area contributed by atoms with E-state index in [1.807, 2.05) is 19.1 Å². The molecule has 0 unspecified atom stereocenters. The zero-order valence-electron chi connectivity index (χ0n) is 20.6. The van der Waals surface area contributed by atoms with Crippen molar-refractivity contribution in [2.45, 2.75) is 6.92 Å². The number of nitrogens with one attached hydrogen (secondary N) is 1. The average Bonchev–Trinajstić information content (AvgIpc) is 3.16. The van der Waals surface area contributed by atoms with Crippen LogP contribution < -0.4 is 19.7 Å². The summed E-state index contributed by atoms with van der Waals surface area (Å²) >= 11 is 0.797. The summed E-state index contributed by atoms with van der Waals surface area (Å²) in [7, 11) is 0. The van der Waals surface area contributed by atoms with Crippen molar-refractivity contribution in [3.63, 3.8) is 0 Å². The zero-order chi connectivity index (χ0) is 26.2. The molecule has 37 heavy (non-hydrogen) atoms. The molecule has 0 radical (unpaired) electrons. The average molecular weight is 524 g/mol. The molecule has 10 heteroatoms. The van der Waals surface area contributed by atoms with E-state index >= 15 is 0 Å². The van der Waals surface area contributed by atoms with Gasteiger partial charge < -0.3 is 24.4 Å². The van der Waals surface area contributed by atoms with E-state index < -0.39 is 17.1 Å². The van der Waals surface area contributed by atoms with Gasteiger partial charge in [0, 0.05) is 24.5 Å². The molecule has 3 amide bonds. The quantitative estimate of drug-likeness (QED) is 0.366. The molecule has 9 nitrogen and oxygen atoms in total. The molecular weight excluding hydrogens is 494 g/mol. The summed E-state index contributed by atoms with van der Waals surface area (Å²) in [6, 6.07) is 12.7. The van der Waals surface area contributed by atoms with Crippen LogP contribution in [0.4, 0.5) is 16.2 Å². The second-order valence-electron chi connectivity index (χ2n) is 8.20. The van der Waals surface area contributed by atoms with Crippen LogP contribution in [0.5, 0.6) is 11.5 Å². The summed E-state index contributed by atoms with van der Waals surface area (Å²) in [5.74, 6) is 0.112. The Morgan fingerprint density at radius 1 is 1.11 bits per heavy atom. The third-order valence-corrected chi connectivity index (χ3v) is 6.53. The minimum absolute atomic E-state index is 0.231. The minimum atomic E-state index is -0.516. The molecule has 0 bridgehead atoms. The van der Waals surface area contributed by atoms with E-state index in [1.54, 1.807) is 42.5 Å². The first-order valence-electron chi connectivity index (χ1n) is 12.0. The van der Waals surface area contributed by atoms with E-state index in [2.05, 4.69) is 16.8 Å². The fourth-order valence-electron chi connectivity index (χ4n) is 3.86. The molecule has 1 N–H and O–H groups in total. The molecule has 2 fully saturated rings. The standard InChI is InChI=1S/C27H29N3O6S/c1-3-13-36-22-10-5-19(16-23(22)35-4-2)17-24-26(32)30(27(33)37-24)18-25(31)28-20-6-8-21(9-7-20)29-11-14-34-15-12-29/h3,5-10,16-17H,1,4,11-15,18H2,2H3,(H,28,31)/b24-17+. The van der Waals surface area contributed by atoms with Gasteiger partial charge in [-0.05, 0) is 66.7 Å². The number of morpholine rings is 1. The van der Waals surface area contributed by atoms with E-state index in [9.17, 15) is 14.4 Å². The van der Waals surface area contributed by atoms with Crippen molar-refractivity contribution in [3.8, 4) is 11.5 Å².